The van der Waals surface area contributed by atoms with Gasteiger partial charge in [0.05, 0.1) is 14.2 Å². The van der Waals surface area contributed by atoms with Gasteiger partial charge in [0, 0.05) is 25.0 Å². The summed E-state index contributed by atoms with van der Waals surface area (Å²) in [7, 11) is 3.44. The van der Waals surface area contributed by atoms with Crippen molar-refractivity contribution >= 4 is 12.4 Å². The molecule has 4 rings (SSSR count). The van der Waals surface area contributed by atoms with E-state index in [4.69, 9.17) is 14.2 Å². The van der Waals surface area contributed by atoms with Gasteiger partial charge in [0.25, 0.3) is 0 Å². The highest BCUT2D eigenvalue weighted by Crippen LogP contribution is 2.41. The molecule has 0 N–H and O–H groups in total. The first kappa shape index (κ1) is 21.8. The highest BCUT2D eigenvalue weighted by atomic mass is 35.5. The van der Waals surface area contributed by atoms with Crippen LogP contribution in [0.1, 0.15) is 37.3 Å². The molecule has 2 aliphatic rings. The van der Waals surface area contributed by atoms with Crippen molar-refractivity contribution in [1.82, 2.24) is 4.90 Å². The van der Waals surface area contributed by atoms with Crippen molar-refractivity contribution in [3.63, 3.8) is 0 Å². The Morgan fingerprint density at radius 2 is 1.72 bits per heavy atom. The average molecular weight is 418 g/mol. The third kappa shape index (κ3) is 4.65. The summed E-state index contributed by atoms with van der Waals surface area (Å²) in [6, 6.07) is 14.5. The van der Waals surface area contributed by atoms with Crippen LogP contribution in [0, 0.1) is 0 Å². The average Bonchev–Trinajstić information content (AvgIpc) is 3.05. The van der Waals surface area contributed by atoms with Gasteiger partial charge < -0.3 is 19.1 Å². The molecule has 29 heavy (non-hydrogen) atoms. The molecule has 1 fully saturated rings. The van der Waals surface area contributed by atoms with Crippen LogP contribution < -0.4 is 14.2 Å². The zero-order valence-corrected chi connectivity index (χ0v) is 18.5. The van der Waals surface area contributed by atoms with Gasteiger partial charge in [-0.15, -0.1) is 12.4 Å². The summed E-state index contributed by atoms with van der Waals surface area (Å²) in [5.74, 6) is 2.64. The molecule has 4 nitrogen and oxygen atoms in total. The van der Waals surface area contributed by atoms with Crippen LogP contribution in [0.5, 0.6) is 17.2 Å². The monoisotopic (exact) mass is 417 g/mol. The van der Waals surface area contributed by atoms with Crippen LogP contribution in [-0.4, -0.2) is 44.9 Å². The third-order valence-corrected chi connectivity index (χ3v) is 6.38. The molecule has 1 unspecified atom stereocenters. The molecule has 0 bridgehead atoms. The number of aryl methyl sites for hydroxylation is 1. The predicted molar refractivity (Wildman–Crippen MR) is 119 cm³/mol. The molecule has 5 heteroatoms. The van der Waals surface area contributed by atoms with Crippen molar-refractivity contribution < 1.29 is 14.2 Å². The lowest BCUT2D eigenvalue weighted by Crippen LogP contribution is -2.44. The first-order valence-corrected chi connectivity index (χ1v) is 10.3. The number of fused-ring (bicyclic) bond motifs is 1. The zero-order valence-electron chi connectivity index (χ0n) is 17.6. The molecule has 1 heterocycles. The summed E-state index contributed by atoms with van der Waals surface area (Å²) in [6.07, 6.45) is 4.76. The van der Waals surface area contributed by atoms with Gasteiger partial charge in [-0.05, 0) is 61.1 Å². The van der Waals surface area contributed by atoms with Crippen molar-refractivity contribution in [3.8, 4) is 17.2 Å². The van der Waals surface area contributed by atoms with E-state index >= 15 is 0 Å². The lowest BCUT2D eigenvalue weighted by atomic mass is 9.83. The van der Waals surface area contributed by atoms with E-state index in [0.717, 1.165) is 49.7 Å². The fraction of sp³-hybridized carbons (Fsp3) is 0.500. The first-order chi connectivity index (χ1) is 13.6. The molecule has 1 aliphatic carbocycles. The Balaban J connectivity index is 0.00000240. The van der Waals surface area contributed by atoms with Crippen LogP contribution in [0.3, 0.4) is 0 Å². The molecule has 1 saturated heterocycles. The fourth-order valence-corrected chi connectivity index (χ4v) is 4.75. The SMILES string of the molecule is COc1ccc2c(c1)C(C)(CN1CCC(Oc3ccccc3OC)CC1)CC2.Cl. The Hall–Kier alpha value is -1.91. The summed E-state index contributed by atoms with van der Waals surface area (Å²) in [5.41, 5.74) is 3.16. The van der Waals surface area contributed by atoms with E-state index in [1.54, 1.807) is 14.2 Å². The standard InChI is InChI=1S/C24H31NO3.ClH/c1-24(13-10-18-8-9-20(26-2)16-21(18)24)17-25-14-11-19(12-15-25)28-23-7-5-4-6-22(23)27-3;/h4-9,16,19H,10-15,17H2,1-3H3;1H. The maximum atomic E-state index is 6.24. The summed E-state index contributed by atoms with van der Waals surface area (Å²) in [6.45, 7) is 5.67. The lowest BCUT2D eigenvalue weighted by Gasteiger charge is -2.38. The van der Waals surface area contributed by atoms with E-state index in [9.17, 15) is 0 Å². The van der Waals surface area contributed by atoms with Crippen LogP contribution in [0.4, 0.5) is 0 Å². The molecule has 0 radical (unpaired) electrons. The molecule has 0 spiro atoms. The van der Waals surface area contributed by atoms with E-state index in [2.05, 4.69) is 30.0 Å². The Morgan fingerprint density at radius 3 is 2.41 bits per heavy atom. The van der Waals surface area contributed by atoms with Crippen molar-refractivity contribution in [2.24, 2.45) is 0 Å². The zero-order chi connectivity index (χ0) is 19.6. The number of benzene rings is 2. The number of halogens is 1. The van der Waals surface area contributed by atoms with Gasteiger partial charge in [-0.25, -0.2) is 0 Å². The minimum absolute atomic E-state index is 0. The molecule has 1 aliphatic heterocycles. The number of piperidine rings is 1. The van der Waals surface area contributed by atoms with Crippen molar-refractivity contribution in [2.45, 2.75) is 44.1 Å². The van der Waals surface area contributed by atoms with Gasteiger partial charge in [0.2, 0.25) is 0 Å². The number of para-hydroxylation sites is 2. The second kappa shape index (κ2) is 9.27. The molecule has 2 aromatic rings. The minimum Gasteiger partial charge on any atom is -0.497 e. The van der Waals surface area contributed by atoms with Crippen LogP contribution >= 0.6 is 12.4 Å². The highest BCUT2D eigenvalue weighted by molar-refractivity contribution is 5.85. The largest absolute Gasteiger partial charge is 0.497 e. The summed E-state index contributed by atoms with van der Waals surface area (Å²) in [4.78, 5) is 2.61. The Morgan fingerprint density at radius 1 is 1.00 bits per heavy atom. The Kier molecular flexibility index (Phi) is 6.97. The maximum absolute atomic E-state index is 6.24. The summed E-state index contributed by atoms with van der Waals surface area (Å²) >= 11 is 0. The maximum Gasteiger partial charge on any atom is 0.161 e. The van der Waals surface area contributed by atoms with E-state index in [-0.39, 0.29) is 23.9 Å². The molecular weight excluding hydrogens is 386 g/mol. The first-order valence-electron chi connectivity index (χ1n) is 10.3. The predicted octanol–water partition coefficient (Wildman–Crippen LogP) is 4.87. The second-order valence-corrected chi connectivity index (χ2v) is 8.33. The molecule has 0 saturated carbocycles. The van der Waals surface area contributed by atoms with Gasteiger partial charge in [-0.2, -0.15) is 0 Å². The molecular formula is C24H32ClNO3. The fourth-order valence-electron chi connectivity index (χ4n) is 4.75. The number of hydrogen-bond acceptors (Lipinski definition) is 4. The molecule has 1 atom stereocenters. The van der Waals surface area contributed by atoms with E-state index in [0.29, 0.717) is 0 Å². The van der Waals surface area contributed by atoms with Crippen LogP contribution in [0.15, 0.2) is 42.5 Å². The van der Waals surface area contributed by atoms with E-state index < -0.39 is 0 Å². The van der Waals surface area contributed by atoms with Gasteiger partial charge in [0.15, 0.2) is 11.5 Å². The lowest BCUT2D eigenvalue weighted by molar-refractivity contribution is 0.0855. The molecule has 158 valence electrons. The van der Waals surface area contributed by atoms with Gasteiger partial charge in [0.1, 0.15) is 11.9 Å². The number of ether oxygens (including phenoxy) is 3. The topological polar surface area (TPSA) is 30.9 Å². The molecule has 0 amide bonds. The van der Waals surface area contributed by atoms with Crippen molar-refractivity contribution in [1.29, 1.82) is 0 Å². The highest BCUT2D eigenvalue weighted by Gasteiger charge is 2.37. The number of methoxy groups -OCH3 is 2. The van der Waals surface area contributed by atoms with Gasteiger partial charge in [-0.1, -0.05) is 25.1 Å². The van der Waals surface area contributed by atoms with Crippen LogP contribution in [0.25, 0.3) is 0 Å². The Labute approximate surface area is 180 Å². The number of rotatable bonds is 6. The molecule has 2 aromatic carbocycles. The number of likely N-dealkylation sites (tertiary alicyclic amines) is 1. The minimum atomic E-state index is 0. The summed E-state index contributed by atoms with van der Waals surface area (Å²) in [5, 5.41) is 0. The summed E-state index contributed by atoms with van der Waals surface area (Å²) < 4.78 is 17.1. The van der Waals surface area contributed by atoms with Crippen molar-refractivity contribution in [3.05, 3.63) is 53.6 Å². The second-order valence-electron chi connectivity index (χ2n) is 8.33. The smallest absolute Gasteiger partial charge is 0.161 e. The van der Waals surface area contributed by atoms with E-state index in [1.165, 1.54) is 24.0 Å². The van der Waals surface area contributed by atoms with Gasteiger partial charge in [-0.3, -0.25) is 0 Å². The molecule has 0 aromatic heterocycles. The third-order valence-electron chi connectivity index (χ3n) is 6.38. The number of nitrogens with zero attached hydrogens (tertiary/aromatic N) is 1. The number of hydrogen-bond donors (Lipinski definition) is 0. The normalized spacial score (nSPS) is 21.9. The van der Waals surface area contributed by atoms with Crippen LogP contribution in [-0.2, 0) is 11.8 Å². The van der Waals surface area contributed by atoms with Crippen LogP contribution in [0.2, 0.25) is 0 Å². The van der Waals surface area contributed by atoms with Crippen molar-refractivity contribution in [2.75, 3.05) is 33.9 Å². The van der Waals surface area contributed by atoms with Gasteiger partial charge >= 0.3 is 0 Å². The quantitative estimate of drug-likeness (QED) is 0.670. The Bertz CT molecular complexity index is 820. The van der Waals surface area contributed by atoms with E-state index in [1.807, 2.05) is 24.3 Å².